The number of benzene rings is 2. The van der Waals surface area contributed by atoms with Crippen molar-refractivity contribution in [1.82, 2.24) is 9.47 Å². The minimum Gasteiger partial charge on any atom is -0.493 e. The fraction of sp³-hybridized carbons (Fsp3) is 0.250. The zero-order valence-corrected chi connectivity index (χ0v) is 18.2. The highest BCUT2D eigenvalue weighted by molar-refractivity contribution is 6.31. The van der Waals surface area contributed by atoms with Gasteiger partial charge in [-0.05, 0) is 47.4 Å². The first-order chi connectivity index (χ1) is 15.0. The maximum absolute atomic E-state index is 13.2. The van der Waals surface area contributed by atoms with Crippen molar-refractivity contribution in [3.05, 3.63) is 92.4 Å². The largest absolute Gasteiger partial charge is 0.493 e. The van der Waals surface area contributed by atoms with E-state index in [-0.39, 0.29) is 11.5 Å². The van der Waals surface area contributed by atoms with Gasteiger partial charge in [0.25, 0.3) is 11.5 Å². The molecule has 0 unspecified atom stereocenters. The van der Waals surface area contributed by atoms with Gasteiger partial charge < -0.3 is 18.9 Å². The van der Waals surface area contributed by atoms with Crippen LogP contribution in [0.4, 0.5) is 0 Å². The number of rotatable bonds is 5. The number of carbonyl (C=O) groups is 1. The fourth-order valence-electron chi connectivity index (χ4n) is 3.83. The van der Waals surface area contributed by atoms with Crippen LogP contribution in [0.25, 0.3) is 0 Å². The highest BCUT2D eigenvalue weighted by Crippen LogP contribution is 2.33. The first-order valence-electron chi connectivity index (χ1n) is 9.97. The molecular formula is C24H23ClN2O4. The number of carbonyl (C=O) groups excluding carboxylic acids is 1. The first-order valence-corrected chi connectivity index (χ1v) is 10.3. The van der Waals surface area contributed by atoms with Crippen molar-refractivity contribution in [2.75, 3.05) is 20.8 Å². The molecule has 7 heteroatoms. The van der Waals surface area contributed by atoms with E-state index in [0.717, 1.165) is 23.1 Å². The van der Waals surface area contributed by atoms with Gasteiger partial charge in [0.2, 0.25) is 0 Å². The van der Waals surface area contributed by atoms with Crippen LogP contribution < -0.4 is 15.0 Å². The van der Waals surface area contributed by atoms with E-state index in [1.54, 1.807) is 37.4 Å². The molecule has 0 aliphatic carbocycles. The lowest BCUT2D eigenvalue weighted by Gasteiger charge is -2.30. The van der Waals surface area contributed by atoms with E-state index in [4.69, 9.17) is 21.1 Å². The lowest BCUT2D eigenvalue weighted by Crippen LogP contribution is -2.36. The van der Waals surface area contributed by atoms with Gasteiger partial charge in [-0.1, -0.05) is 29.8 Å². The number of aromatic nitrogens is 1. The Morgan fingerprint density at radius 2 is 1.74 bits per heavy atom. The normalized spacial score (nSPS) is 12.9. The third kappa shape index (κ3) is 4.30. The summed E-state index contributed by atoms with van der Waals surface area (Å²) in [6.07, 6.45) is 2.33. The predicted octanol–water partition coefficient (Wildman–Crippen LogP) is 3.77. The summed E-state index contributed by atoms with van der Waals surface area (Å²) >= 11 is 6.24. The number of hydrogen-bond acceptors (Lipinski definition) is 4. The molecule has 6 nitrogen and oxygen atoms in total. The van der Waals surface area contributed by atoms with Gasteiger partial charge in [-0.2, -0.15) is 0 Å². The van der Waals surface area contributed by atoms with Crippen LogP contribution in [-0.4, -0.2) is 36.1 Å². The minimum absolute atomic E-state index is 0.117. The molecule has 1 aromatic heterocycles. The summed E-state index contributed by atoms with van der Waals surface area (Å²) in [6, 6.07) is 14.3. The summed E-state index contributed by atoms with van der Waals surface area (Å²) in [5.74, 6) is 1.21. The van der Waals surface area contributed by atoms with Crippen LogP contribution in [0.2, 0.25) is 5.02 Å². The van der Waals surface area contributed by atoms with Crippen molar-refractivity contribution >= 4 is 17.5 Å². The molecule has 2 aromatic carbocycles. The molecule has 31 heavy (non-hydrogen) atoms. The molecule has 0 atom stereocenters. The van der Waals surface area contributed by atoms with Gasteiger partial charge in [0.05, 0.1) is 26.3 Å². The molecule has 1 amide bonds. The number of nitrogens with zero attached hydrogens (tertiary/aromatic N) is 2. The van der Waals surface area contributed by atoms with E-state index in [0.29, 0.717) is 41.7 Å². The number of halogens is 1. The Morgan fingerprint density at radius 3 is 2.45 bits per heavy atom. The average molecular weight is 439 g/mol. The fourth-order valence-corrected chi connectivity index (χ4v) is 4.03. The molecule has 160 valence electrons. The third-order valence-electron chi connectivity index (χ3n) is 5.53. The molecular weight excluding hydrogens is 416 g/mol. The second-order valence-corrected chi connectivity index (χ2v) is 7.84. The van der Waals surface area contributed by atoms with Gasteiger partial charge in [-0.15, -0.1) is 0 Å². The summed E-state index contributed by atoms with van der Waals surface area (Å²) in [7, 11) is 3.21. The Morgan fingerprint density at radius 1 is 1.03 bits per heavy atom. The van der Waals surface area contributed by atoms with Crippen LogP contribution in [0.5, 0.6) is 11.5 Å². The van der Waals surface area contributed by atoms with Crippen molar-refractivity contribution in [2.45, 2.75) is 19.5 Å². The highest BCUT2D eigenvalue weighted by atomic mass is 35.5. The molecule has 0 N–H and O–H groups in total. The Labute approximate surface area is 185 Å². The maximum atomic E-state index is 13.2. The Balaban J connectivity index is 1.58. The number of pyridine rings is 1. The molecule has 0 spiro atoms. The molecule has 0 fully saturated rings. The van der Waals surface area contributed by atoms with Crippen LogP contribution in [0, 0.1) is 0 Å². The number of ether oxygens (including phenoxy) is 2. The Hall–Kier alpha value is -3.25. The van der Waals surface area contributed by atoms with Gasteiger partial charge in [0, 0.05) is 30.4 Å². The summed E-state index contributed by atoms with van der Waals surface area (Å²) in [5.41, 5.74) is 3.28. The Kier molecular flexibility index (Phi) is 6.00. The lowest BCUT2D eigenvalue weighted by molar-refractivity contribution is 0.0733. The second kappa shape index (κ2) is 8.86. The van der Waals surface area contributed by atoms with Gasteiger partial charge in [0.1, 0.15) is 0 Å². The summed E-state index contributed by atoms with van der Waals surface area (Å²) in [6.45, 7) is 1.36. The summed E-state index contributed by atoms with van der Waals surface area (Å²) in [4.78, 5) is 27.3. The SMILES string of the molecule is COc1cc2c(cc1OC)CN(C(=O)c1ccc(=O)n(Cc3ccccc3Cl)c1)CC2. The molecule has 0 saturated heterocycles. The molecule has 3 aromatic rings. The van der Waals surface area contributed by atoms with Crippen molar-refractivity contribution in [2.24, 2.45) is 0 Å². The van der Waals surface area contributed by atoms with E-state index >= 15 is 0 Å². The van der Waals surface area contributed by atoms with Crippen LogP contribution in [0.1, 0.15) is 27.0 Å². The summed E-state index contributed by atoms with van der Waals surface area (Å²) < 4.78 is 12.3. The van der Waals surface area contributed by atoms with Gasteiger partial charge >= 0.3 is 0 Å². The van der Waals surface area contributed by atoms with Crippen LogP contribution in [0.15, 0.2) is 59.5 Å². The number of amides is 1. The van der Waals surface area contributed by atoms with Crippen molar-refractivity contribution in [3.63, 3.8) is 0 Å². The van der Waals surface area contributed by atoms with E-state index in [9.17, 15) is 9.59 Å². The molecule has 0 bridgehead atoms. The lowest BCUT2D eigenvalue weighted by atomic mass is 9.98. The molecule has 1 aliphatic rings. The molecule has 4 rings (SSSR count). The number of hydrogen-bond donors (Lipinski definition) is 0. The zero-order chi connectivity index (χ0) is 22.0. The van der Waals surface area contributed by atoms with Crippen LogP contribution in [-0.2, 0) is 19.5 Å². The van der Waals surface area contributed by atoms with E-state index in [1.165, 1.54) is 10.6 Å². The number of fused-ring (bicyclic) bond motifs is 1. The van der Waals surface area contributed by atoms with E-state index in [2.05, 4.69) is 0 Å². The summed E-state index contributed by atoms with van der Waals surface area (Å²) in [5, 5.41) is 0.586. The van der Waals surface area contributed by atoms with Crippen molar-refractivity contribution < 1.29 is 14.3 Å². The maximum Gasteiger partial charge on any atom is 0.255 e. The van der Waals surface area contributed by atoms with Crippen molar-refractivity contribution in [3.8, 4) is 11.5 Å². The molecule has 2 heterocycles. The van der Waals surface area contributed by atoms with Gasteiger partial charge in [-0.25, -0.2) is 0 Å². The quantitative estimate of drug-likeness (QED) is 0.608. The van der Waals surface area contributed by atoms with Crippen molar-refractivity contribution in [1.29, 1.82) is 0 Å². The first kappa shape index (κ1) is 21.0. The number of methoxy groups -OCH3 is 2. The average Bonchev–Trinajstić information content (AvgIpc) is 2.80. The zero-order valence-electron chi connectivity index (χ0n) is 17.4. The van der Waals surface area contributed by atoms with Crippen LogP contribution in [0.3, 0.4) is 0 Å². The topological polar surface area (TPSA) is 60.8 Å². The second-order valence-electron chi connectivity index (χ2n) is 7.43. The van der Waals surface area contributed by atoms with Gasteiger partial charge in [0.15, 0.2) is 11.5 Å². The van der Waals surface area contributed by atoms with Gasteiger partial charge in [-0.3, -0.25) is 9.59 Å². The molecule has 0 radical (unpaired) electrons. The third-order valence-corrected chi connectivity index (χ3v) is 5.90. The van der Waals surface area contributed by atoms with E-state index in [1.807, 2.05) is 30.3 Å². The Bertz CT molecular complexity index is 1190. The predicted molar refractivity (Wildman–Crippen MR) is 119 cm³/mol. The van der Waals surface area contributed by atoms with Crippen LogP contribution >= 0.6 is 11.6 Å². The highest BCUT2D eigenvalue weighted by Gasteiger charge is 2.24. The smallest absolute Gasteiger partial charge is 0.255 e. The molecule has 0 saturated carbocycles. The van der Waals surface area contributed by atoms with E-state index < -0.39 is 0 Å². The standard InChI is InChI=1S/C24H23ClN2O4/c1-30-21-11-16-9-10-26(15-19(16)12-22(21)31-2)24(29)18-7-8-23(28)27(14-18)13-17-5-3-4-6-20(17)25/h3-8,11-12,14H,9-10,13,15H2,1-2H3. The monoisotopic (exact) mass is 438 g/mol. The molecule has 1 aliphatic heterocycles. The minimum atomic E-state index is -0.183.